The summed E-state index contributed by atoms with van der Waals surface area (Å²) in [6.45, 7) is 3.53. The molecule has 0 saturated carbocycles. The number of rotatable bonds is 2. The molecule has 0 N–H and O–H groups in total. The van der Waals surface area contributed by atoms with Gasteiger partial charge in [0.25, 0.3) is 5.91 Å². The Morgan fingerprint density at radius 2 is 2.35 bits per heavy atom. The largest absolute Gasteiger partial charge is 0.338 e. The lowest BCUT2D eigenvalue weighted by Gasteiger charge is -2.32. The van der Waals surface area contributed by atoms with Crippen molar-refractivity contribution in [1.29, 1.82) is 0 Å². The maximum Gasteiger partial charge on any atom is 0.254 e. The summed E-state index contributed by atoms with van der Waals surface area (Å²) < 4.78 is 0. The average molecular weight is 287 g/mol. The number of carbonyl (C=O) groups excluding carboxylic acids is 1. The lowest BCUT2D eigenvalue weighted by Crippen LogP contribution is -2.39. The van der Waals surface area contributed by atoms with Gasteiger partial charge in [-0.1, -0.05) is 0 Å². The standard InChI is InChI=1S/C15H17N3OS/c1-11-7-16-8-14(17-11)12-3-2-5-18(9-12)15(19)13-4-6-20-10-13/h4,6-8,10,12H,2-3,5,9H2,1H3/t12-/m0/s1. The Morgan fingerprint density at radius 3 is 3.10 bits per heavy atom. The van der Waals surface area contributed by atoms with Crippen molar-refractivity contribution in [2.45, 2.75) is 25.7 Å². The first-order valence-corrected chi connectivity index (χ1v) is 7.78. The fourth-order valence-electron chi connectivity index (χ4n) is 2.65. The molecule has 0 spiro atoms. The highest BCUT2D eigenvalue weighted by Crippen LogP contribution is 2.26. The fourth-order valence-corrected chi connectivity index (χ4v) is 3.28. The molecule has 0 radical (unpaired) electrons. The third-order valence-electron chi connectivity index (χ3n) is 3.67. The second-order valence-corrected chi connectivity index (χ2v) is 5.97. The van der Waals surface area contributed by atoms with Crippen molar-refractivity contribution in [2.24, 2.45) is 0 Å². The molecule has 2 aromatic heterocycles. The molecule has 1 atom stereocenters. The predicted molar refractivity (Wildman–Crippen MR) is 79.0 cm³/mol. The lowest BCUT2D eigenvalue weighted by molar-refractivity contribution is 0.0706. The highest BCUT2D eigenvalue weighted by atomic mass is 32.1. The summed E-state index contributed by atoms with van der Waals surface area (Å²) in [7, 11) is 0. The zero-order valence-corrected chi connectivity index (χ0v) is 12.3. The van der Waals surface area contributed by atoms with Gasteiger partial charge >= 0.3 is 0 Å². The van der Waals surface area contributed by atoms with E-state index in [0.717, 1.165) is 42.9 Å². The van der Waals surface area contributed by atoms with Crippen LogP contribution in [-0.4, -0.2) is 33.9 Å². The zero-order chi connectivity index (χ0) is 13.9. The van der Waals surface area contributed by atoms with Crippen molar-refractivity contribution in [3.63, 3.8) is 0 Å². The van der Waals surface area contributed by atoms with Crippen LogP contribution in [0, 0.1) is 6.92 Å². The summed E-state index contributed by atoms with van der Waals surface area (Å²) in [6.07, 6.45) is 5.69. The summed E-state index contributed by atoms with van der Waals surface area (Å²) in [5.74, 6) is 0.440. The second kappa shape index (κ2) is 5.71. The Labute approximate surface area is 122 Å². The molecule has 5 heteroatoms. The molecule has 4 nitrogen and oxygen atoms in total. The number of likely N-dealkylation sites (tertiary alicyclic amines) is 1. The summed E-state index contributed by atoms with van der Waals surface area (Å²) >= 11 is 1.56. The van der Waals surface area contributed by atoms with Gasteiger partial charge in [0.05, 0.1) is 17.0 Å². The number of aromatic nitrogens is 2. The second-order valence-electron chi connectivity index (χ2n) is 5.19. The van der Waals surface area contributed by atoms with Crippen LogP contribution in [0.25, 0.3) is 0 Å². The topological polar surface area (TPSA) is 46.1 Å². The van der Waals surface area contributed by atoms with E-state index < -0.39 is 0 Å². The molecule has 0 unspecified atom stereocenters. The Balaban J connectivity index is 1.75. The van der Waals surface area contributed by atoms with Crippen molar-refractivity contribution in [2.75, 3.05) is 13.1 Å². The summed E-state index contributed by atoms with van der Waals surface area (Å²) in [4.78, 5) is 23.1. The quantitative estimate of drug-likeness (QED) is 0.853. The maximum absolute atomic E-state index is 12.4. The van der Waals surface area contributed by atoms with Crippen LogP contribution >= 0.6 is 11.3 Å². The van der Waals surface area contributed by atoms with Gasteiger partial charge in [0.15, 0.2) is 0 Å². The van der Waals surface area contributed by atoms with Gasteiger partial charge in [-0.3, -0.25) is 14.8 Å². The van der Waals surface area contributed by atoms with Gasteiger partial charge in [-0.15, -0.1) is 0 Å². The van der Waals surface area contributed by atoms with E-state index in [1.165, 1.54) is 0 Å². The highest BCUT2D eigenvalue weighted by molar-refractivity contribution is 7.08. The van der Waals surface area contributed by atoms with E-state index in [0.29, 0.717) is 5.92 Å². The van der Waals surface area contributed by atoms with Gasteiger partial charge in [-0.05, 0) is 31.2 Å². The van der Waals surface area contributed by atoms with E-state index in [9.17, 15) is 4.79 Å². The number of nitrogens with zero attached hydrogens (tertiary/aromatic N) is 3. The molecule has 1 amide bonds. The molecular weight excluding hydrogens is 270 g/mol. The zero-order valence-electron chi connectivity index (χ0n) is 11.5. The number of hydrogen-bond acceptors (Lipinski definition) is 4. The van der Waals surface area contributed by atoms with Gasteiger partial charge in [0.2, 0.25) is 0 Å². The van der Waals surface area contributed by atoms with Crippen LogP contribution in [0.1, 0.15) is 40.5 Å². The Morgan fingerprint density at radius 1 is 1.45 bits per heavy atom. The first kappa shape index (κ1) is 13.2. The molecule has 1 aliphatic heterocycles. The minimum absolute atomic E-state index is 0.136. The Kier molecular flexibility index (Phi) is 3.78. The van der Waals surface area contributed by atoms with Crippen molar-refractivity contribution in [3.8, 4) is 0 Å². The molecule has 20 heavy (non-hydrogen) atoms. The fraction of sp³-hybridized carbons (Fsp3) is 0.400. The Bertz CT molecular complexity index is 597. The third-order valence-corrected chi connectivity index (χ3v) is 4.35. The molecule has 1 aliphatic rings. The van der Waals surface area contributed by atoms with Gasteiger partial charge in [-0.25, -0.2) is 0 Å². The van der Waals surface area contributed by atoms with Gasteiger partial charge in [-0.2, -0.15) is 11.3 Å². The SMILES string of the molecule is Cc1cncc([C@H]2CCCN(C(=O)c3ccsc3)C2)n1. The minimum Gasteiger partial charge on any atom is -0.338 e. The molecule has 3 heterocycles. The molecule has 1 saturated heterocycles. The molecule has 2 aromatic rings. The number of carbonyl (C=O) groups is 1. The van der Waals surface area contributed by atoms with Crippen LogP contribution in [0.2, 0.25) is 0 Å². The van der Waals surface area contributed by atoms with Crippen LogP contribution in [0.15, 0.2) is 29.2 Å². The average Bonchev–Trinajstić information content (AvgIpc) is 3.01. The van der Waals surface area contributed by atoms with Gasteiger partial charge in [0.1, 0.15) is 0 Å². The predicted octanol–water partition coefficient (Wildman–Crippen LogP) is 2.87. The number of amides is 1. The minimum atomic E-state index is 0.136. The van der Waals surface area contributed by atoms with Crippen LogP contribution < -0.4 is 0 Å². The van der Waals surface area contributed by atoms with E-state index in [4.69, 9.17) is 0 Å². The number of hydrogen-bond donors (Lipinski definition) is 0. The lowest BCUT2D eigenvalue weighted by atomic mass is 9.94. The van der Waals surface area contributed by atoms with Gasteiger partial charge < -0.3 is 4.90 Å². The van der Waals surface area contributed by atoms with E-state index in [1.807, 2.05) is 34.8 Å². The normalized spacial score (nSPS) is 19.1. The van der Waals surface area contributed by atoms with Crippen molar-refractivity contribution in [3.05, 3.63) is 46.2 Å². The number of thiophene rings is 1. The smallest absolute Gasteiger partial charge is 0.254 e. The molecule has 104 valence electrons. The monoisotopic (exact) mass is 287 g/mol. The molecule has 0 aliphatic carbocycles. The summed E-state index contributed by atoms with van der Waals surface area (Å²) in [5, 5.41) is 3.86. The summed E-state index contributed by atoms with van der Waals surface area (Å²) in [6, 6.07) is 1.89. The van der Waals surface area contributed by atoms with Crippen LogP contribution in [-0.2, 0) is 0 Å². The van der Waals surface area contributed by atoms with Crippen LogP contribution in [0.5, 0.6) is 0 Å². The van der Waals surface area contributed by atoms with Crippen LogP contribution in [0.3, 0.4) is 0 Å². The van der Waals surface area contributed by atoms with E-state index >= 15 is 0 Å². The first-order chi connectivity index (χ1) is 9.74. The molecule has 1 fully saturated rings. The van der Waals surface area contributed by atoms with E-state index in [-0.39, 0.29) is 5.91 Å². The van der Waals surface area contributed by atoms with Crippen molar-refractivity contribution < 1.29 is 4.79 Å². The third kappa shape index (κ3) is 2.72. The first-order valence-electron chi connectivity index (χ1n) is 6.84. The number of aryl methyl sites for hydroxylation is 1. The van der Waals surface area contributed by atoms with Gasteiger partial charge in [0, 0.05) is 36.8 Å². The molecule has 0 aromatic carbocycles. The highest BCUT2D eigenvalue weighted by Gasteiger charge is 2.26. The van der Waals surface area contributed by atoms with Crippen molar-refractivity contribution >= 4 is 17.2 Å². The molecule has 0 bridgehead atoms. The summed E-state index contributed by atoms with van der Waals surface area (Å²) in [5.41, 5.74) is 2.74. The Hall–Kier alpha value is -1.75. The van der Waals surface area contributed by atoms with E-state index in [2.05, 4.69) is 9.97 Å². The molecule has 3 rings (SSSR count). The van der Waals surface area contributed by atoms with Crippen LogP contribution in [0.4, 0.5) is 0 Å². The van der Waals surface area contributed by atoms with E-state index in [1.54, 1.807) is 17.5 Å². The maximum atomic E-state index is 12.4. The van der Waals surface area contributed by atoms with Crippen molar-refractivity contribution in [1.82, 2.24) is 14.9 Å². The molecular formula is C15H17N3OS. The number of piperidine rings is 1.